The van der Waals surface area contributed by atoms with Gasteiger partial charge in [0.05, 0.1) is 5.69 Å². The quantitative estimate of drug-likeness (QED) is 0.832. The molecule has 2 aromatic rings. The Balaban J connectivity index is 2.05. The van der Waals surface area contributed by atoms with Gasteiger partial charge in [0.2, 0.25) is 0 Å². The molecule has 1 atom stereocenters. The van der Waals surface area contributed by atoms with E-state index in [1.807, 2.05) is 24.4 Å². The van der Waals surface area contributed by atoms with Crippen LogP contribution in [0.2, 0.25) is 0 Å². The molecule has 0 aliphatic carbocycles. The van der Waals surface area contributed by atoms with Crippen molar-refractivity contribution >= 4 is 11.6 Å². The molecule has 0 spiro atoms. The molecule has 1 heterocycles. The van der Waals surface area contributed by atoms with Gasteiger partial charge in [-0.05, 0) is 30.3 Å². The highest BCUT2D eigenvalue weighted by Crippen LogP contribution is 2.12. The summed E-state index contributed by atoms with van der Waals surface area (Å²) in [6.07, 6.45) is 2.93. The van der Waals surface area contributed by atoms with Gasteiger partial charge < -0.3 is 15.8 Å². The maximum atomic E-state index is 11.8. The van der Waals surface area contributed by atoms with Gasteiger partial charge in [0.25, 0.3) is 5.91 Å². The molecule has 1 amide bonds. The number of nitrogens with one attached hydrogen (secondary N) is 1. The summed E-state index contributed by atoms with van der Waals surface area (Å²) < 4.78 is 6.70. The van der Waals surface area contributed by atoms with Gasteiger partial charge in [-0.15, -0.1) is 0 Å². The molecule has 0 radical (unpaired) electrons. The highest BCUT2D eigenvalue weighted by atomic mass is 16.5. The third-order valence-corrected chi connectivity index (χ3v) is 2.69. The van der Waals surface area contributed by atoms with Gasteiger partial charge in [-0.3, -0.25) is 4.79 Å². The minimum atomic E-state index is -0.634. The molecule has 0 saturated carbocycles. The van der Waals surface area contributed by atoms with E-state index in [9.17, 15) is 4.79 Å². The van der Waals surface area contributed by atoms with Crippen molar-refractivity contribution < 1.29 is 9.53 Å². The number of aromatic nitrogens is 2. The standard InChI is InChI=1S/C13H16N4O2/c1-19-12(9-14)13(18)16-10-3-5-11(6-4-10)17-8-2-7-15-17/h2-8,12H,9,14H2,1H3,(H,16,18). The largest absolute Gasteiger partial charge is 0.370 e. The number of benzene rings is 1. The summed E-state index contributed by atoms with van der Waals surface area (Å²) in [7, 11) is 1.46. The number of ether oxygens (including phenoxy) is 1. The Morgan fingerprint density at radius 1 is 1.47 bits per heavy atom. The predicted molar refractivity (Wildman–Crippen MR) is 72.0 cm³/mol. The van der Waals surface area contributed by atoms with Crippen molar-refractivity contribution in [3.05, 3.63) is 42.7 Å². The second-order valence-electron chi connectivity index (χ2n) is 3.95. The van der Waals surface area contributed by atoms with Gasteiger partial charge >= 0.3 is 0 Å². The molecule has 1 aromatic carbocycles. The van der Waals surface area contributed by atoms with Crippen LogP contribution in [0.15, 0.2) is 42.7 Å². The van der Waals surface area contributed by atoms with Crippen LogP contribution in [0.5, 0.6) is 0 Å². The molecule has 0 bridgehead atoms. The average Bonchev–Trinajstić information content (AvgIpc) is 2.95. The van der Waals surface area contributed by atoms with E-state index in [1.54, 1.807) is 23.0 Å². The third-order valence-electron chi connectivity index (χ3n) is 2.69. The van der Waals surface area contributed by atoms with Crippen molar-refractivity contribution in [3.63, 3.8) is 0 Å². The van der Waals surface area contributed by atoms with Crippen LogP contribution in [0.1, 0.15) is 0 Å². The summed E-state index contributed by atoms with van der Waals surface area (Å²) in [5, 5.41) is 6.87. The van der Waals surface area contributed by atoms with Crippen molar-refractivity contribution in [1.29, 1.82) is 0 Å². The van der Waals surface area contributed by atoms with E-state index in [-0.39, 0.29) is 12.5 Å². The number of nitrogens with two attached hydrogens (primary N) is 1. The first-order valence-corrected chi connectivity index (χ1v) is 5.88. The lowest BCUT2D eigenvalue weighted by Crippen LogP contribution is -2.35. The number of hydrogen-bond acceptors (Lipinski definition) is 4. The summed E-state index contributed by atoms with van der Waals surface area (Å²) >= 11 is 0. The number of rotatable bonds is 5. The monoisotopic (exact) mass is 260 g/mol. The number of carbonyl (C=O) groups is 1. The molecule has 1 aromatic heterocycles. The highest BCUT2D eigenvalue weighted by molar-refractivity contribution is 5.94. The zero-order valence-electron chi connectivity index (χ0n) is 10.6. The highest BCUT2D eigenvalue weighted by Gasteiger charge is 2.15. The average molecular weight is 260 g/mol. The maximum absolute atomic E-state index is 11.8. The minimum absolute atomic E-state index is 0.147. The number of nitrogens with zero attached hydrogens (tertiary/aromatic N) is 2. The Labute approximate surface area is 111 Å². The molecule has 19 heavy (non-hydrogen) atoms. The van der Waals surface area contributed by atoms with Crippen molar-refractivity contribution in [1.82, 2.24) is 9.78 Å². The van der Waals surface area contributed by atoms with Crippen LogP contribution in [0, 0.1) is 0 Å². The van der Waals surface area contributed by atoms with Gasteiger partial charge in [0, 0.05) is 31.7 Å². The summed E-state index contributed by atoms with van der Waals surface area (Å²) in [5.41, 5.74) is 7.04. The van der Waals surface area contributed by atoms with Crippen molar-refractivity contribution in [3.8, 4) is 5.69 Å². The molecule has 0 fully saturated rings. The van der Waals surface area contributed by atoms with E-state index in [0.29, 0.717) is 5.69 Å². The van der Waals surface area contributed by atoms with E-state index in [0.717, 1.165) is 5.69 Å². The summed E-state index contributed by atoms with van der Waals surface area (Å²) in [4.78, 5) is 11.8. The van der Waals surface area contributed by atoms with Gasteiger partial charge in [-0.1, -0.05) is 0 Å². The van der Waals surface area contributed by atoms with Gasteiger partial charge in [0.1, 0.15) is 6.10 Å². The topological polar surface area (TPSA) is 82.2 Å². The van der Waals surface area contributed by atoms with Crippen LogP contribution in [-0.2, 0) is 9.53 Å². The summed E-state index contributed by atoms with van der Waals surface area (Å²) in [5.74, 6) is -0.253. The molecule has 2 rings (SSSR count). The molecule has 0 saturated heterocycles. The van der Waals surface area contributed by atoms with E-state index < -0.39 is 6.10 Å². The van der Waals surface area contributed by atoms with Gasteiger partial charge in [0.15, 0.2) is 0 Å². The first-order valence-electron chi connectivity index (χ1n) is 5.88. The molecular formula is C13H16N4O2. The van der Waals surface area contributed by atoms with Crippen LogP contribution in [0.3, 0.4) is 0 Å². The second-order valence-corrected chi connectivity index (χ2v) is 3.95. The Kier molecular flexibility index (Phi) is 4.27. The molecule has 0 aliphatic rings. The molecule has 1 unspecified atom stereocenters. The van der Waals surface area contributed by atoms with Crippen molar-refractivity contribution in [2.45, 2.75) is 6.10 Å². The van der Waals surface area contributed by atoms with E-state index in [2.05, 4.69) is 10.4 Å². The lowest BCUT2D eigenvalue weighted by molar-refractivity contribution is -0.125. The first-order chi connectivity index (χ1) is 9.24. The van der Waals surface area contributed by atoms with Crippen molar-refractivity contribution in [2.24, 2.45) is 5.73 Å². The summed E-state index contributed by atoms with van der Waals surface area (Å²) in [6.45, 7) is 0.147. The zero-order valence-corrected chi connectivity index (χ0v) is 10.6. The van der Waals surface area contributed by atoms with Gasteiger partial charge in [-0.25, -0.2) is 4.68 Å². The van der Waals surface area contributed by atoms with E-state index in [4.69, 9.17) is 10.5 Å². The third kappa shape index (κ3) is 3.18. The Bertz CT molecular complexity index is 518. The number of carbonyl (C=O) groups excluding carboxylic acids is 1. The Morgan fingerprint density at radius 2 is 2.21 bits per heavy atom. The number of amides is 1. The second kappa shape index (κ2) is 6.12. The van der Waals surface area contributed by atoms with Crippen LogP contribution < -0.4 is 11.1 Å². The Hall–Kier alpha value is -2.18. The fraction of sp³-hybridized carbons (Fsp3) is 0.231. The minimum Gasteiger partial charge on any atom is -0.370 e. The fourth-order valence-corrected chi connectivity index (χ4v) is 1.65. The van der Waals surface area contributed by atoms with Crippen molar-refractivity contribution in [2.75, 3.05) is 19.0 Å². The van der Waals surface area contributed by atoms with E-state index >= 15 is 0 Å². The predicted octanol–water partition coefficient (Wildman–Crippen LogP) is 0.784. The first kappa shape index (κ1) is 13.3. The van der Waals surface area contributed by atoms with Crippen LogP contribution in [-0.4, -0.2) is 35.4 Å². The normalized spacial score (nSPS) is 12.1. The SMILES string of the molecule is COC(CN)C(=O)Nc1ccc(-n2cccn2)cc1. The molecule has 0 aliphatic heterocycles. The summed E-state index contributed by atoms with van der Waals surface area (Å²) in [6, 6.07) is 9.19. The Morgan fingerprint density at radius 3 is 2.74 bits per heavy atom. The van der Waals surface area contributed by atoms with Gasteiger partial charge in [-0.2, -0.15) is 5.10 Å². The lowest BCUT2D eigenvalue weighted by atomic mass is 10.2. The van der Waals surface area contributed by atoms with Crippen LogP contribution in [0.4, 0.5) is 5.69 Å². The molecule has 6 nitrogen and oxygen atoms in total. The van der Waals surface area contributed by atoms with E-state index in [1.165, 1.54) is 7.11 Å². The molecule has 100 valence electrons. The van der Waals surface area contributed by atoms with Crippen LogP contribution in [0.25, 0.3) is 5.69 Å². The number of methoxy groups -OCH3 is 1. The number of anilines is 1. The number of hydrogen-bond donors (Lipinski definition) is 2. The smallest absolute Gasteiger partial charge is 0.254 e. The molecule has 6 heteroatoms. The van der Waals surface area contributed by atoms with Crippen LogP contribution >= 0.6 is 0 Å². The molecule has 3 N–H and O–H groups in total. The lowest BCUT2D eigenvalue weighted by Gasteiger charge is -2.13. The maximum Gasteiger partial charge on any atom is 0.254 e. The molecular weight excluding hydrogens is 244 g/mol. The zero-order chi connectivity index (χ0) is 13.7. The fourth-order valence-electron chi connectivity index (χ4n) is 1.65.